The van der Waals surface area contributed by atoms with Gasteiger partial charge in [-0.1, -0.05) is 42.5 Å². The first-order chi connectivity index (χ1) is 14.3. The highest BCUT2D eigenvalue weighted by Gasteiger charge is 2.25. The van der Waals surface area contributed by atoms with E-state index in [2.05, 4.69) is 4.72 Å². The zero-order chi connectivity index (χ0) is 21.3. The number of nitrogens with one attached hydrogen (secondary N) is 1. The number of nitrogens with zero attached hydrogens (tertiary/aromatic N) is 1. The summed E-state index contributed by atoms with van der Waals surface area (Å²) in [5, 5.41) is 0. The van der Waals surface area contributed by atoms with Crippen LogP contribution >= 0.6 is 0 Å². The minimum absolute atomic E-state index is 0.0672. The molecule has 1 amide bonds. The van der Waals surface area contributed by atoms with E-state index in [0.29, 0.717) is 29.8 Å². The quantitative estimate of drug-likeness (QED) is 0.639. The molecular formula is C23H20N2O4S. The van der Waals surface area contributed by atoms with Gasteiger partial charge in [0.2, 0.25) is 5.91 Å². The van der Waals surface area contributed by atoms with Gasteiger partial charge in [0.1, 0.15) is 0 Å². The van der Waals surface area contributed by atoms with Gasteiger partial charge >= 0.3 is 0 Å². The maximum atomic E-state index is 12.9. The van der Waals surface area contributed by atoms with E-state index in [-0.39, 0.29) is 16.6 Å². The number of fused-ring (bicyclic) bond motifs is 1. The van der Waals surface area contributed by atoms with Crippen molar-refractivity contribution in [3.05, 3.63) is 89.5 Å². The summed E-state index contributed by atoms with van der Waals surface area (Å²) < 4.78 is 28.3. The van der Waals surface area contributed by atoms with E-state index in [1.807, 2.05) is 6.07 Å². The second kappa shape index (κ2) is 7.76. The van der Waals surface area contributed by atoms with E-state index in [1.54, 1.807) is 59.5 Å². The van der Waals surface area contributed by atoms with E-state index >= 15 is 0 Å². The molecule has 0 spiro atoms. The summed E-state index contributed by atoms with van der Waals surface area (Å²) in [4.78, 5) is 26.1. The molecule has 0 saturated carbocycles. The van der Waals surface area contributed by atoms with Crippen LogP contribution in [-0.2, 0) is 21.2 Å². The Morgan fingerprint density at radius 2 is 1.63 bits per heavy atom. The fourth-order valence-corrected chi connectivity index (χ4v) is 4.67. The van der Waals surface area contributed by atoms with Crippen molar-refractivity contribution in [1.29, 1.82) is 0 Å². The maximum Gasteiger partial charge on any atom is 0.261 e. The van der Waals surface area contributed by atoms with Crippen LogP contribution in [0.2, 0.25) is 0 Å². The van der Waals surface area contributed by atoms with Crippen molar-refractivity contribution in [2.45, 2.75) is 18.2 Å². The lowest BCUT2D eigenvalue weighted by Crippen LogP contribution is -2.25. The molecule has 0 fully saturated rings. The summed E-state index contributed by atoms with van der Waals surface area (Å²) in [6.45, 7) is 2.04. The molecule has 152 valence electrons. The molecule has 1 aliphatic heterocycles. The first-order valence-electron chi connectivity index (χ1n) is 9.49. The van der Waals surface area contributed by atoms with Crippen LogP contribution in [0, 0.1) is 0 Å². The minimum Gasteiger partial charge on any atom is -0.312 e. The van der Waals surface area contributed by atoms with Crippen molar-refractivity contribution in [2.75, 3.05) is 16.2 Å². The summed E-state index contributed by atoms with van der Waals surface area (Å²) >= 11 is 0. The molecule has 4 rings (SSSR count). The highest BCUT2D eigenvalue weighted by molar-refractivity contribution is 7.92. The van der Waals surface area contributed by atoms with Crippen LogP contribution in [0.15, 0.2) is 77.7 Å². The molecule has 0 bridgehead atoms. The summed E-state index contributed by atoms with van der Waals surface area (Å²) in [6, 6.07) is 20.0. The third-order valence-electron chi connectivity index (χ3n) is 5.05. The third kappa shape index (κ3) is 3.84. The Morgan fingerprint density at radius 3 is 2.37 bits per heavy atom. The summed E-state index contributed by atoms with van der Waals surface area (Å²) in [5.41, 5.74) is 2.80. The first kappa shape index (κ1) is 19.8. The second-order valence-corrected chi connectivity index (χ2v) is 8.78. The molecule has 1 heterocycles. The number of benzene rings is 3. The van der Waals surface area contributed by atoms with Gasteiger partial charge in [0, 0.05) is 36.0 Å². The normalized spacial score (nSPS) is 13.0. The van der Waals surface area contributed by atoms with Crippen molar-refractivity contribution in [3.63, 3.8) is 0 Å². The van der Waals surface area contributed by atoms with Crippen LogP contribution in [0.3, 0.4) is 0 Å². The van der Waals surface area contributed by atoms with Gasteiger partial charge in [-0.25, -0.2) is 8.42 Å². The Labute approximate surface area is 175 Å². The molecule has 1 aliphatic rings. The standard InChI is InChI=1S/C23H20N2O4S/c1-16(26)25-13-12-18-15-21(10-11-22(18)25)30(28,29)24-20-9-5-8-19(14-20)23(27)17-6-3-2-4-7-17/h2-11,14-15,24H,12-13H2,1H3. The third-order valence-corrected chi connectivity index (χ3v) is 6.43. The Hall–Kier alpha value is -3.45. The van der Waals surface area contributed by atoms with Crippen LogP contribution in [0.25, 0.3) is 0 Å². The molecule has 0 unspecified atom stereocenters. The fourth-order valence-electron chi connectivity index (χ4n) is 3.57. The van der Waals surface area contributed by atoms with E-state index in [9.17, 15) is 18.0 Å². The van der Waals surface area contributed by atoms with Gasteiger partial charge in [-0.2, -0.15) is 0 Å². The Bertz CT molecular complexity index is 1240. The number of hydrogen-bond donors (Lipinski definition) is 1. The number of ketones is 1. The number of rotatable bonds is 5. The number of amides is 1. The molecule has 0 saturated heterocycles. The van der Waals surface area contributed by atoms with E-state index in [0.717, 1.165) is 11.3 Å². The van der Waals surface area contributed by atoms with Gasteiger partial charge in [-0.15, -0.1) is 0 Å². The van der Waals surface area contributed by atoms with Crippen LogP contribution in [-0.4, -0.2) is 26.7 Å². The Morgan fingerprint density at radius 1 is 0.900 bits per heavy atom. The van der Waals surface area contributed by atoms with Gasteiger partial charge in [-0.05, 0) is 42.3 Å². The van der Waals surface area contributed by atoms with Crippen LogP contribution in [0.5, 0.6) is 0 Å². The lowest BCUT2D eigenvalue weighted by molar-refractivity contribution is -0.116. The van der Waals surface area contributed by atoms with Gasteiger partial charge < -0.3 is 4.90 Å². The summed E-state index contributed by atoms with van der Waals surface area (Å²) in [6.07, 6.45) is 0.610. The van der Waals surface area contributed by atoms with Gasteiger partial charge in [0.25, 0.3) is 10.0 Å². The van der Waals surface area contributed by atoms with Crippen molar-refractivity contribution >= 4 is 33.1 Å². The molecule has 30 heavy (non-hydrogen) atoms. The highest BCUT2D eigenvalue weighted by atomic mass is 32.2. The lowest BCUT2D eigenvalue weighted by Gasteiger charge is -2.15. The van der Waals surface area contributed by atoms with Crippen molar-refractivity contribution in [3.8, 4) is 0 Å². The molecule has 6 nitrogen and oxygen atoms in total. The molecule has 3 aromatic carbocycles. The molecule has 0 radical (unpaired) electrons. The Kier molecular flexibility index (Phi) is 5.13. The topological polar surface area (TPSA) is 83.6 Å². The number of hydrogen-bond acceptors (Lipinski definition) is 4. The number of carbonyl (C=O) groups excluding carboxylic acids is 2. The van der Waals surface area contributed by atoms with Gasteiger partial charge in [0.05, 0.1) is 4.90 Å². The average Bonchev–Trinajstić information content (AvgIpc) is 3.17. The van der Waals surface area contributed by atoms with Crippen LogP contribution in [0.1, 0.15) is 28.4 Å². The molecular weight excluding hydrogens is 400 g/mol. The number of sulfonamides is 1. The first-order valence-corrected chi connectivity index (χ1v) is 11.0. The van der Waals surface area contributed by atoms with Crippen molar-refractivity contribution in [1.82, 2.24) is 0 Å². The Balaban J connectivity index is 1.59. The molecule has 7 heteroatoms. The molecule has 1 N–H and O–H groups in total. The fraction of sp³-hybridized carbons (Fsp3) is 0.130. The lowest BCUT2D eigenvalue weighted by atomic mass is 10.0. The number of carbonyl (C=O) groups is 2. The van der Waals surface area contributed by atoms with Crippen LogP contribution in [0.4, 0.5) is 11.4 Å². The highest BCUT2D eigenvalue weighted by Crippen LogP contribution is 2.31. The molecule has 0 atom stereocenters. The smallest absolute Gasteiger partial charge is 0.261 e. The van der Waals surface area contributed by atoms with E-state index in [1.165, 1.54) is 19.1 Å². The molecule has 0 aliphatic carbocycles. The largest absolute Gasteiger partial charge is 0.312 e. The summed E-state index contributed by atoms with van der Waals surface area (Å²) in [7, 11) is -3.84. The van der Waals surface area contributed by atoms with Gasteiger partial charge in [0.15, 0.2) is 5.78 Å². The van der Waals surface area contributed by atoms with E-state index in [4.69, 9.17) is 0 Å². The zero-order valence-corrected chi connectivity index (χ0v) is 17.1. The average molecular weight is 420 g/mol. The second-order valence-electron chi connectivity index (χ2n) is 7.09. The molecule has 3 aromatic rings. The zero-order valence-electron chi connectivity index (χ0n) is 16.3. The van der Waals surface area contributed by atoms with Crippen LogP contribution < -0.4 is 9.62 Å². The van der Waals surface area contributed by atoms with Crippen molar-refractivity contribution in [2.24, 2.45) is 0 Å². The van der Waals surface area contributed by atoms with Gasteiger partial charge in [-0.3, -0.25) is 14.3 Å². The predicted octanol–water partition coefficient (Wildman–Crippen LogP) is 3.63. The van der Waals surface area contributed by atoms with Crippen molar-refractivity contribution < 1.29 is 18.0 Å². The predicted molar refractivity (Wildman–Crippen MR) is 115 cm³/mol. The molecule has 0 aromatic heterocycles. The number of anilines is 2. The maximum absolute atomic E-state index is 12.9. The minimum atomic E-state index is -3.84. The summed E-state index contributed by atoms with van der Waals surface area (Å²) in [5.74, 6) is -0.249. The van der Waals surface area contributed by atoms with E-state index < -0.39 is 10.0 Å². The monoisotopic (exact) mass is 420 g/mol. The SMILES string of the molecule is CC(=O)N1CCc2cc(S(=O)(=O)Nc3cccc(C(=O)c4ccccc4)c3)ccc21.